The number of nitriles is 1. The Balaban J connectivity index is 2.43. The zero-order valence-corrected chi connectivity index (χ0v) is 15.3. The Kier molecular flexibility index (Phi) is 6.05. The minimum atomic E-state index is -4.30. The SMILES string of the molecule is COc1ccc(C=C(C#N)S(=O)(=O)Nc2ccccc2C(=O)O)cc1OC. The Hall–Kier alpha value is -3.51. The second-order valence-electron chi connectivity index (χ2n) is 5.19. The number of hydrogen-bond donors (Lipinski definition) is 2. The van der Waals surface area contributed by atoms with Gasteiger partial charge in [0, 0.05) is 0 Å². The van der Waals surface area contributed by atoms with Crippen LogP contribution in [-0.2, 0) is 10.0 Å². The normalized spacial score (nSPS) is 11.4. The molecule has 0 fully saturated rings. The number of nitrogens with one attached hydrogen (secondary N) is 1. The van der Waals surface area contributed by atoms with Gasteiger partial charge in [0.15, 0.2) is 16.4 Å². The lowest BCUT2D eigenvalue weighted by Crippen LogP contribution is -2.16. The standard InChI is InChI=1S/C18H16N2O6S/c1-25-16-8-7-12(10-17(16)26-2)9-13(11-19)27(23,24)20-15-6-4-3-5-14(15)18(21)22/h3-10,20H,1-2H3,(H,21,22). The number of nitrogens with zero attached hydrogens (tertiary/aromatic N) is 1. The van der Waals surface area contributed by atoms with Gasteiger partial charge in [-0.3, -0.25) is 4.72 Å². The van der Waals surface area contributed by atoms with E-state index < -0.39 is 20.9 Å². The van der Waals surface area contributed by atoms with Crippen LogP contribution < -0.4 is 14.2 Å². The Bertz CT molecular complexity index is 1040. The van der Waals surface area contributed by atoms with Crippen LogP contribution in [-0.4, -0.2) is 33.7 Å². The summed E-state index contributed by atoms with van der Waals surface area (Å²) in [4.78, 5) is 10.6. The number of para-hydroxylation sites is 1. The summed E-state index contributed by atoms with van der Waals surface area (Å²) in [5.41, 5.74) is 0.0176. The Labute approximate surface area is 156 Å². The zero-order chi connectivity index (χ0) is 20.0. The molecule has 0 heterocycles. The molecule has 2 N–H and O–H groups in total. The van der Waals surface area contributed by atoms with Crippen LogP contribution in [0.4, 0.5) is 5.69 Å². The second kappa shape index (κ2) is 8.25. The fraction of sp³-hybridized carbons (Fsp3) is 0.111. The summed E-state index contributed by atoms with van der Waals surface area (Å²) >= 11 is 0. The molecule has 0 atom stereocenters. The van der Waals surface area contributed by atoms with Gasteiger partial charge in [-0.25, -0.2) is 13.2 Å². The van der Waals surface area contributed by atoms with E-state index in [9.17, 15) is 18.5 Å². The molecule has 0 aliphatic carbocycles. The summed E-state index contributed by atoms with van der Waals surface area (Å²) in [6, 6.07) is 11.7. The van der Waals surface area contributed by atoms with Gasteiger partial charge in [-0.1, -0.05) is 18.2 Å². The minimum absolute atomic E-state index is 0.140. The van der Waals surface area contributed by atoms with Crippen molar-refractivity contribution in [2.75, 3.05) is 18.9 Å². The summed E-state index contributed by atoms with van der Waals surface area (Å²) in [5.74, 6) is -0.481. The maximum Gasteiger partial charge on any atom is 0.337 e. The van der Waals surface area contributed by atoms with Gasteiger partial charge >= 0.3 is 5.97 Å². The van der Waals surface area contributed by atoms with Gasteiger partial charge < -0.3 is 14.6 Å². The smallest absolute Gasteiger partial charge is 0.337 e. The average Bonchev–Trinajstić information content (AvgIpc) is 2.65. The van der Waals surface area contributed by atoms with Crippen LogP contribution in [0.1, 0.15) is 15.9 Å². The van der Waals surface area contributed by atoms with E-state index in [1.54, 1.807) is 18.2 Å². The Morgan fingerprint density at radius 2 is 1.81 bits per heavy atom. The lowest BCUT2D eigenvalue weighted by atomic mass is 10.2. The van der Waals surface area contributed by atoms with E-state index in [0.29, 0.717) is 17.1 Å². The number of rotatable bonds is 7. The van der Waals surface area contributed by atoms with Gasteiger partial charge in [-0.05, 0) is 35.9 Å². The molecule has 0 saturated carbocycles. The van der Waals surface area contributed by atoms with E-state index in [-0.39, 0.29) is 11.3 Å². The number of carbonyl (C=O) groups is 1. The molecular weight excluding hydrogens is 372 g/mol. The quantitative estimate of drug-likeness (QED) is 0.698. The molecule has 0 aromatic heterocycles. The molecule has 2 rings (SSSR count). The maximum absolute atomic E-state index is 12.5. The molecule has 0 unspecified atom stereocenters. The predicted octanol–water partition coefficient (Wildman–Crippen LogP) is 2.71. The van der Waals surface area contributed by atoms with Crippen LogP contribution >= 0.6 is 0 Å². The zero-order valence-electron chi connectivity index (χ0n) is 14.5. The summed E-state index contributed by atoms with van der Waals surface area (Å²) in [7, 11) is -1.41. The molecule has 8 nitrogen and oxygen atoms in total. The van der Waals surface area contributed by atoms with E-state index in [1.807, 2.05) is 0 Å². The molecule has 9 heteroatoms. The molecule has 140 valence electrons. The average molecular weight is 388 g/mol. The van der Waals surface area contributed by atoms with Crippen LogP contribution in [0.15, 0.2) is 47.4 Å². The van der Waals surface area contributed by atoms with E-state index in [1.165, 1.54) is 44.6 Å². The fourth-order valence-electron chi connectivity index (χ4n) is 2.22. The van der Waals surface area contributed by atoms with Gasteiger partial charge in [0.2, 0.25) is 0 Å². The molecule has 0 saturated heterocycles. The molecule has 0 aliphatic heterocycles. The van der Waals surface area contributed by atoms with E-state index in [2.05, 4.69) is 4.72 Å². The molecule has 0 amide bonds. The highest BCUT2D eigenvalue weighted by Crippen LogP contribution is 2.29. The number of ether oxygens (including phenoxy) is 2. The first-order valence-corrected chi connectivity index (χ1v) is 8.99. The third kappa shape index (κ3) is 4.56. The number of allylic oxidation sites excluding steroid dienone is 1. The van der Waals surface area contributed by atoms with Crippen molar-refractivity contribution in [3.8, 4) is 17.6 Å². The van der Waals surface area contributed by atoms with Gasteiger partial charge in [-0.15, -0.1) is 0 Å². The van der Waals surface area contributed by atoms with E-state index >= 15 is 0 Å². The number of sulfonamides is 1. The van der Waals surface area contributed by atoms with E-state index in [0.717, 1.165) is 6.08 Å². The maximum atomic E-state index is 12.5. The highest BCUT2D eigenvalue weighted by molar-refractivity contribution is 7.97. The summed E-state index contributed by atoms with van der Waals surface area (Å²) in [6.45, 7) is 0. The molecule has 0 bridgehead atoms. The minimum Gasteiger partial charge on any atom is -0.493 e. The first-order chi connectivity index (χ1) is 12.8. The van der Waals surface area contributed by atoms with E-state index in [4.69, 9.17) is 14.6 Å². The van der Waals surface area contributed by atoms with Crippen molar-refractivity contribution in [2.45, 2.75) is 0 Å². The monoisotopic (exact) mass is 388 g/mol. The predicted molar refractivity (Wildman–Crippen MR) is 99.1 cm³/mol. The molecule has 27 heavy (non-hydrogen) atoms. The van der Waals surface area contributed by atoms with Crippen LogP contribution in [0.5, 0.6) is 11.5 Å². The first-order valence-electron chi connectivity index (χ1n) is 7.51. The van der Waals surface area contributed by atoms with Crippen molar-refractivity contribution in [3.63, 3.8) is 0 Å². The van der Waals surface area contributed by atoms with Crippen LogP contribution in [0, 0.1) is 11.3 Å². The number of hydrogen-bond acceptors (Lipinski definition) is 6. The number of carboxylic acid groups (broad SMARTS) is 1. The molecule has 0 spiro atoms. The van der Waals surface area contributed by atoms with Gasteiger partial charge in [-0.2, -0.15) is 5.26 Å². The number of aromatic carboxylic acids is 1. The third-order valence-corrected chi connectivity index (χ3v) is 4.78. The van der Waals surface area contributed by atoms with Crippen molar-refractivity contribution in [1.82, 2.24) is 0 Å². The number of carboxylic acids is 1. The Morgan fingerprint density at radius 1 is 1.15 bits per heavy atom. The number of anilines is 1. The van der Waals surface area contributed by atoms with Crippen molar-refractivity contribution in [2.24, 2.45) is 0 Å². The Morgan fingerprint density at radius 3 is 2.41 bits per heavy atom. The topological polar surface area (TPSA) is 126 Å². The summed E-state index contributed by atoms with van der Waals surface area (Å²) < 4.78 is 37.5. The van der Waals surface area contributed by atoms with Crippen LogP contribution in [0.3, 0.4) is 0 Å². The number of methoxy groups -OCH3 is 2. The van der Waals surface area contributed by atoms with Crippen LogP contribution in [0.25, 0.3) is 6.08 Å². The lowest BCUT2D eigenvalue weighted by Gasteiger charge is -2.10. The highest BCUT2D eigenvalue weighted by atomic mass is 32.2. The molecule has 0 aliphatic rings. The molecule has 2 aromatic rings. The first kappa shape index (κ1) is 19.8. The number of benzene rings is 2. The fourth-order valence-corrected chi connectivity index (χ4v) is 3.21. The van der Waals surface area contributed by atoms with Crippen molar-refractivity contribution < 1.29 is 27.8 Å². The molecule has 0 radical (unpaired) electrons. The lowest BCUT2D eigenvalue weighted by molar-refractivity contribution is 0.0698. The summed E-state index contributed by atoms with van der Waals surface area (Å²) in [6.07, 6.45) is 1.15. The van der Waals surface area contributed by atoms with Crippen molar-refractivity contribution in [3.05, 3.63) is 58.5 Å². The largest absolute Gasteiger partial charge is 0.493 e. The highest BCUT2D eigenvalue weighted by Gasteiger charge is 2.21. The van der Waals surface area contributed by atoms with Crippen LogP contribution in [0.2, 0.25) is 0 Å². The second-order valence-corrected chi connectivity index (χ2v) is 6.84. The van der Waals surface area contributed by atoms with Gasteiger partial charge in [0.1, 0.15) is 6.07 Å². The van der Waals surface area contributed by atoms with Crippen molar-refractivity contribution >= 4 is 27.8 Å². The van der Waals surface area contributed by atoms with Gasteiger partial charge in [0.25, 0.3) is 10.0 Å². The molecular formula is C18H16N2O6S. The third-order valence-electron chi connectivity index (χ3n) is 3.51. The van der Waals surface area contributed by atoms with Gasteiger partial charge in [0.05, 0.1) is 25.5 Å². The molecule has 2 aromatic carbocycles. The van der Waals surface area contributed by atoms with Crippen molar-refractivity contribution in [1.29, 1.82) is 5.26 Å². The summed E-state index contributed by atoms with van der Waals surface area (Å²) in [5, 5.41) is 18.5.